The van der Waals surface area contributed by atoms with Crippen molar-refractivity contribution in [1.29, 1.82) is 0 Å². The van der Waals surface area contributed by atoms with Gasteiger partial charge in [0.25, 0.3) is 5.91 Å². The van der Waals surface area contributed by atoms with Gasteiger partial charge in [-0.25, -0.2) is 9.89 Å². The molecule has 0 aromatic heterocycles. The summed E-state index contributed by atoms with van der Waals surface area (Å²) in [6.45, 7) is 7.49. The Morgan fingerprint density at radius 3 is 2.12 bits per heavy atom. The van der Waals surface area contributed by atoms with Gasteiger partial charge in [-0.15, -0.1) is 0 Å². The molecule has 1 saturated heterocycles. The van der Waals surface area contributed by atoms with Gasteiger partial charge in [-0.05, 0) is 38.1 Å². The van der Waals surface area contributed by atoms with Crippen molar-refractivity contribution in [2.45, 2.75) is 19.9 Å². The molecule has 0 bridgehead atoms. The van der Waals surface area contributed by atoms with E-state index in [4.69, 9.17) is 0 Å². The smallest absolute Gasteiger partial charge is 0.258 e. The number of carbonyl (C=O) groups is 1. The van der Waals surface area contributed by atoms with E-state index in [1.165, 1.54) is 11.3 Å². The third kappa shape index (κ3) is 3.05. The second kappa shape index (κ2) is 6.83. The molecule has 0 spiro atoms. The zero-order valence-corrected chi connectivity index (χ0v) is 15.3. The fourth-order valence-electron chi connectivity index (χ4n) is 3.53. The number of benzene rings is 2. The normalized spacial score (nSPS) is 20.5. The van der Waals surface area contributed by atoms with E-state index in [0.29, 0.717) is 0 Å². The minimum absolute atomic E-state index is 0.0503. The van der Waals surface area contributed by atoms with Gasteiger partial charge in [0, 0.05) is 31.9 Å². The summed E-state index contributed by atoms with van der Waals surface area (Å²) >= 11 is 0. The fraction of sp³-hybridized carbons (Fsp3) is 0.333. The molecule has 2 aromatic carbocycles. The highest BCUT2D eigenvalue weighted by Gasteiger charge is 2.36. The monoisotopic (exact) mass is 348 g/mol. The van der Waals surface area contributed by atoms with Crippen LogP contribution in [0.15, 0.2) is 59.6 Å². The summed E-state index contributed by atoms with van der Waals surface area (Å²) in [5, 5.41) is 0. The molecular weight excluding hydrogens is 324 g/mol. The number of amides is 1. The zero-order chi connectivity index (χ0) is 18.1. The maximum absolute atomic E-state index is 12.7. The molecule has 2 heterocycles. The number of nitrogens with zero attached hydrogens (tertiary/aromatic N) is 4. The van der Waals surface area contributed by atoms with Gasteiger partial charge >= 0.3 is 0 Å². The van der Waals surface area contributed by atoms with Crippen molar-refractivity contribution in [3.63, 3.8) is 0 Å². The number of rotatable bonds is 2. The van der Waals surface area contributed by atoms with Crippen molar-refractivity contribution in [1.82, 2.24) is 4.90 Å². The van der Waals surface area contributed by atoms with E-state index in [-0.39, 0.29) is 11.9 Å². The number of hydrogen-bond donors (Lipinski definition) is 0. The molecule has 0 aliphatic carbocycles. The van der Waals surface area contributed by atoms with E-state index in [1.807, 2.05) is 37.3 Å². The molecule has 0 radical (unpaired) electrons. The average Bonchev–Trinajstić information content (AvgIpc) is 2.98. The number of carbonyl (C=O) groups excluding carboxylic acids is 1. The van der Waals surface area contributed by atoms with Crippen LogP contribution in [-0.4, -0.2) is 49.0 Å². The van der Waals surface area contributed by atoms with Crippen LogP contribution >= 0.6 is 0 Å². The zero-order valence-electron chi connectivity index (χ0n) is 15.3. The number of guanidine groups is 1. The quantitative estimate of drug-likeness (QED) is 0.838. The van der Waals surface area contributed by atoms with Gasteiger partial charge in [-0.3, -0.25) is 4.79 Å². The lowest BCUT2D eigenvalue weighted by Crippen LogP contribution is -2.53. The Morgan fingerprint density at radius 2 is 1.46 bits per heavy atom. The van der Waals surface area contributed by atoms with Gasteiger partial charge in [-0.1, -0.05) is 35.9 Å². The summed E-state index contributed by atoms with van der Waals surface area (Å²) in [5.41, 5.74) is 3.33. The van der Waals surface area contributed by atoms with Gasteiger partial charge in [0.05, 0.1) is 5.69 Å². The summed E-state index contributed by atoms with van der Waals surface area (Å²) in [5.74, 6) is 0.841. The second-order valence-corrected chi connectivity index (χ2v) is 6.92. The van der Waals surface area contributed by atoms with Crippen molar-refractivity contribution in [2.75, 3.05) is 36.0 Å². The number of piperazine rings is 1. The highest BCUT2D eigenvalue weighted by atomic mass is 16.2. The first-order valence-corrected chi connectivity index (χ1v) is 9.17. The third-order valence-corrected chi connectivity index (χ3v) is 5.06. The molecule has 134 valence electrons. The maximum Gasteiger partial charge on any atom is 0.258 e. The minimum atomic E-state index is -0.321. The number of anilines is 2. The predicted molar refractivity (Wildman–Crippen MR) is 106 cm³/mol. The Bertz CT molecular complexity index is 808. The van der Waals surface area contributed by atoms with Gasteiger partial charge in [0.15, 0.2) is 0 Å². The van der Waals surface area contributed by atoms with Crippen molar-refractivity contribution in [3.05, 3.63) is 60.2 Å². The molecule has 2 aromatic rings. The van der Waals surface area contributed by atoms with E-state index < -0.39 is 0 Å². The van der Waals surface area contributed by atoms with Crippen LogP contribution in [0.4, 0.5) is 11.4 Å². The van der Waals surface area contributed by atoms with Crippen LogP contribution in [0.2, 0.25) is 0 Å². The lowest BCUT2D eigenvalue weighted by molar-refractivity contribution is -0.117. The Morgan fingerprint density at radius 1 is 0.846 bits per heavy atom. The first-order valence-electron chi connectivity index (χ1n) is 9.17. The molecule has 5 nitrogen and oxygen atoms in total. The molecule has 1 fully saturated rings. The SMILES string of the molecule is Cc1ccc(N2C(=O)C(C)N=C2N2CCN(c3ccccc3)CC2)cc1. The molecule has 4 rings (SSSR count). The van der Waals surface area contributed by atoms with Crippen molar-refractivity contribution >= 4 is 23.2 Å². The molecule has 1 unspecified atom stereocenters. The van der Waals surface area contributed by atoms with Crippen molar-refractivity contribution in [3.8, 4) is 0 Å². The molecular formula is C21H24N4O. The first kappa shape index (κ1) is 16.6. The topological polar surface area (TPSA) is 39.2 Å². The molecule has 0 N–H and O–H groups in total. The number of hydrogen-bond acceptors (Lipinski definition) is 4. The molecule has 2 aliphatic heterocycles. The minimum Gasteiger partial charge on any atom is -0.368 e. The number of para-hydroxylation sites is 1. The van der Waals surface area contributed by atoms with Crippen LogP contribution in [0.3, 0.4) is 0 Å². The van der Waals surface area contributed by atoms with Crippen LogP contribution in [0.25, 0.3) is 0 Å². The Hall–Kier alpha value is -2.82. The Kier molecular flexibility index (Phi) is 4.37. The summed E-state index contributed by atoms with van der Waals surface area (Å²) in [6.07, 6.45) is 0. The van der Waals surface area contributed by atoms with E-state index in [9.17, 15) is 4.79 Å². The Balaban J connectivity index is 1.52. The summed E-state index contributed by atoms with van der Waals surface area (Å²) < 4.78 is 0. The summed E-state index contributed by atoms with van der Waals surface area (Å²) in [7, 11) is 0. The molecule has 0 saturated carbocycles. The number of aliphatic imine (C=N–C) groups is 1. The summed E-state index contributed by atoms with van der Waals surface area (Å²) in [4.78, 5) is 23.8. The van der Waals surface area contributed by atoms with Gasteiger partial charge < -0.3 is 9.80 Å². The predicted octanol–water partition coefficient (Wildman–Crippen LogP) is 2.91. The lowest BCUT2D eigenvalue weighted by Gasteiger charge is -2.38. The third-order valence-electron chi connectivity index (χ3n) is 5.06. The van der Waals surface area contributed by atoms with Crippen LogP contribution in [0.1, 0.15) is 12.5 Å². The molecule has 1 atom stereocenters. The van der Waals surface area contributed by atoms with Gasteiger partial charge in [-0.2, -0.15) is 0 Å². The Labute approximate surface area is 154 Å². The molecule has 26 heavy (non-hydrogen) atoms. The molecule has 2 aliphatic rings. The molecule has 5 heteroatoms. The number of aryl methyl sites for hydroxylation is 1. The average molecular weight is 348 g/mol. The van der Waals surface area contributed by atoms with Crippen LogP contribution in [0.5, 0.6) is 0 Å². The van der Waals surface area contributed by atoms with E-state index >= 15 is 0 Å². The second-order valence-electron chi connectivity index (χ2n) is 6.92. The van der Waals surface area contributed by atoms with Crippen LogP contribution in [0, 0.1) is 6.92 Å². The highest BCUT2D eigenvalue weighted by molar-refractivity contribution is 6.21. The van der Waals surface area contributed by atoms with Gasteiger partial charge in [0.1, 0.15) is 6.04 Å². The highest BCUT2D eigenvalue weighted by Crippen LogP contribution is 2.25. The van der Waals surface area contributed by atoms with Crippen LogP contribution in [-0.2, 0) is 4.79 Å². The van der Waals surface area contributed by atoms with E-state index in [0.717, 1.165) is 37.8 Å². The lowest BCUT2D eigenvalue weighted by atomic mass is 10.2. The maximum atomic E-state index is 12.7. The van der Waals surface area contributed by atoms with Crippen molar-refractivity contribution in [2.24, 2.45) is 4.99 Å². The van der Waals surface area contributed by atoms with Gasteiger partial charge in [0.2, 0.25) is 5.96 Å². The summed E-state index contributed by atoms with van der Waals surface area (Å²) in [6, 6.07) is 18.2. The first-order chi connectivity index (χ1) is 12.6. The van der Waals surface area contributed by atoms with E-state index in [2.05, 4.69) is 46.0 Å². The largest absolute Gasteiger partial charge is 0.368 e. The standard InChI is InChI=1S/C21H24N4O/c1-16-8-10-19(11-9-16)25-20(26)17(2)22-21(25)24-14-12-23(13-15-24)18-6-4-3-5-7-18/h3-11,17H,12-15H2,1-2H3. The van der Waals surface area contributed by atoms with E-state index in [1.54, 1.807) is 4.90 Å². The van der Waals surface area contributed by atoms with Crippen LogP contribution < -0.4 is 9.80 Å². The molecule has 1 amide bonds. The van der Waals surface area contributed by atoms with Crippen molar-refractivity contribution < 1.29 is 4.79 Å². The fourth-order valence-corrected chi connectivity index (χ4v) is 3.53.